The van der Waals surface area contributed by atoms with Crippen LogP contribution in [0.15, 0.2) is 222 Å². The third-order valence-electron chi connectivity index (χ3n) is 16.3. The van der Waals surface area contributed by atoms with E-state index in [1.54, 1.807) is 0 Å². The zero-order valence-corrected chi connectivity index (χ0v) is 41.7. The van der Waals surface area contributed by atoms with Crippen molar-refractivity contribution in [3.05, 3.63) is 256 Å². The molecular weight excluding hydrogens is 865 g/mol. The van der Waals surface area contributed by atoms with Gasteiger partial charge in [-0.25, -0.2) is 0 Å². The second-order valence-electron chi connectivity index (χ2n) is 20.5. The van der Waals surface area contributed by atoms with Gasteiger partial charge in [0.15, 0.2) is 0 Å². The molecule has 0 saturated carbocycles. The third-order valence-corrected chi connectivity index (χ3v) is 17.6. The van der Waals surface area contributed by atoms with Crippen molar-refractivity contribution in [1.82, 2.24) is 0 Å². The smallest absolute Gasteiger partial charge is 0.0715 e. The molecule has 1 heterocycles. The second-order valence-corrected chi connectivity index (χ2v) is 21.7. The number of nitrogens with zero attached hydrogens (tertiary/aromatic N) is 2. The largest absolute Gasteiger partial charge is 0.310 e. The van der Waals surface area contributed by atoms with Crippen LogP contribution >= 0.6 is 11.8 Å². The van der Waals surface area contributed by atoms with Gasteiger partial charge in [0.05, 0.1) is 11.1 Å². The highest BCUT2D eigenvalue weighted by atomic mass is 32.2. The monoisotopic (exact) mass is 920 g/mol. The van der Waals surface area contributed by atoms with E-state index in [2.05, 4.69) is 258 Å². The molecule has 0 N–H and O–H groups in total. The summed E-state index contributed by atoms with van der Waals surface area (Å²) < 4.78 is 0. The summed E-state index contributed by atoms with van der Waals surface area (Å²) in [4.78, 5) is 7.80. The van der Waals surface area contributed by atoms with Gasteiger partial charge >= 0.3 is 0 Å². The molecule has 9 aromatic carbocycles. The number of allylic oxidation sites excluding steroid dienone is 2. The standard InChI is InChI=1S/C67H56N2S/c1-7-54-62(8-2)70-63-42-47(68(43-22-11-9-12-23-43)45-34-37-51-48-26-15-18-30-55(48)65(3,4)59(51)40-45)36-39-58(63)67(54)57-32-20-17-28-50(57)53-29-21-33-61(64(53)67)69(44-24-13-10-14-25-44)46-35-38-52-49-27-16-19-31-56(49)66(5,6)60(52)41-46/h9-42H,7-8H2,1-6H3. The molecule has 0 fully saturated rings. The van der Waals surface area contributed by atoms with Crippen LogP contribution in [0.2, 0.25) is 0 Å². The summed E-state index contributed by atoms with van der Waals surface area (Å²) in [7, 11) is 0. The first-order chi connectivity index (χ1) is 34.2. The highest BCUT2D eigenvalue weighted by Gasteiger charge is 2.53. The average molecular weight is 921 g/mol. The quantitative estimate of drug-likeness (QED) is 0.150. The van der Waals surface area contributed by atoms with Gasteiger partial charge in [-0.05, 0) is 157 Å². The maximum absolute atomic E-state index is 2.56. The van der Waals surface area contributed by atoms with E-state index in [1.807, 2.05) is 11.8 Å². The molecule has 0 amide bonds. The Labute approximate surface area is 418 Å². The number of benzene rings is 9. The van der Waals surface area contributed by atoms with Crippen LogP contribution in [0.4, 0.5) is 34.1 Å². The van der Waals surface area contributed by atoms with Gasteiger partial charge < -0.3 is 9.80 Å². The molecule has 13 rings (SSSR count). The number of thioether (sulfide) groups is 1. The van der Waals surface area contributed by atoms with Crippen LogP contribution in [0.3, 0.4) is 0 Å². The van der Waals surface area contributed by atoms with Crippen molar-refractivity contribution in [3.8, 4) is 33.4 Å². The van der Waals surface area contributed by atoms with Gasteiger partial charge in [-0.15, -0.1) is 0 Å². The lowest BCUT2D eigenvalue weighted by Gasteiger charge is -2.44. The summed E-state index contributed by atoms with van der Waals surface area (Å²) in [6.45, 7) is 14.3. The number of rotatable bonds is 8. The molecule has 2 nitrogen and oxygen atoms in total. The topological polar surface area (TPSA) is 6.48 Å². The number of fused-ring (bicyclic) bond motifs is 13. The molecule has 1 spiro atoms. The normalized spacial score (nSPS) is 17.0. The predicted octanol–water partition coefficient (Wildman–Crippen LogP) is 18.7. The van der Waals surface area contributed by atoms with E-state index in [9.17, 15) is 0 Å². The fourth-order valence-corrected chi connectivity index (χ4v) is 14.5. The molecule has 0 radical (unpaired) electrons. The van der Waals surface area contributed by atoms with Crippen molar-refractivity contribution in [3.63, 3.8) is 0 Å². The maximum Gasteiger partial charge on any atom is 0.0715 e. The molecule has 0 saturated heterocycles. The first kappa shape index (κ1) is 42.7. The van der Waals surface area contributed by atoms with Crippen molar-refractivity contribution < 1.29 is 0 Å². The van der Waals surface area contributed by atoms with E-state index in [-0.39, 0.29) is 10.8 Å². The Kier molecular flexibility index (Phi) is 9.68. The van der Waals surface area contributed by atoms with Gasteiger partial charge in [0.1, 0.15) is 0 Å². The van der Waals surface area contributed by atoms with Crippen molar-refractivity contribution in [2.24, 2.45) is 0 Å². The SMILES string of the molecule is CCC1=C(CC)C2(c3ccc(N(c4ccccc4)c4ccc5c(c4)C(C)(C)c4ccccc4-5)cc3S1)c1ccccc1-c1cccc(N(c3ccccc3)c3ccc4c(c3)C(C)(C)c3ccccc3-4)c12. The summed E-state index contributed by atoms with van der Waals surface area (Å²) in [6, 6.07) is 78.1. The van der Waals surface area contributed by atoms with E-state index in [0.717, 1.165) is 29.9 Å². The minimum Gasteiger partial charge on any atom is -0.310 e. The molecule has 70 heavy (non-hydrogen) atoms. The zero-order valence-electron chi connectivity index (χ0n) is 40.8. The molecule has 1 unspecified atom stereocenters. The van der Waals surface area contributed by atoms with Crippen molar-refractivity contribution in [2.45, 2.75) is 75.5 Å². The van der Waals surface area contributed by atoms with Crippen LogP contribution in [0.1, 0.15) is 93.3 Å². The number of anilines is 6. The average Bonchev–Trinajstić information content (AvgIpc) is 3.91. The molecule has 3 heteroatoms. The van der Waals surface area contributed by atoms with Gasteiger partial charge in [-0.2, -0.15) is 0 Å². The lowest BCUT2D eigenvalue weighted by molar-refractivity contribution is 0.660. The number of para-hydroxylation sites is 2. The molecule has 1 aliphatic heterocycles. The van der Waals surface area contributed by atoms with Gasteiger partial charge in [0.2, 0.25) is 0 Å². The Balaban J connectivity index is 1.04. The molecule has 9 aromatic rings. The van der Waals surface area contributed by atoms with Gasteiger partial charge in [-0.3, -0.25) is 0 Å². The van der Waals surface area contributed by atoms with Gasteiger partial charge in [0.25, 0.3) is 0 Å². The highest BCUT2D eigenvalue weighted by Crippen LogP contribution is 2.66. The van der Waals surface area contributed by atoms with Crippen LogP contribution in [-0.4, -0.2) is 0 Å². The Bertz CT molecular complexity index is 3620. The van der Waals surface area contributed by atoms with Crippen LogP contribution in [-0.2, 0) is 16.2 Å². The first-order valence-electron chi connectivity index (χ1n) is 25.1. The molecule has 4 aliphatic rings. The summed E-state index contributed by atoms with van der Waals surface area (Å²) in [5, 5.41) is 0. The van der Waals surface area contributed by atoms with E-state index in [0.29, 0.717) is 0 Å². The van der Waals surface area contributed by atoms with E-state index >= 15 is 0 Å². The molecule has 3 aliphatic carbocycles. The van der Waals surface area contributed by atoms with E-state index in [4.69, 9.17) is 0 Å². The molecule has 0 bridgehead atoms. The van der Waals surface area contributed by atoms with Crippen molar-refractivity contribution >= 4 is 45.9 Å². The molecular formula is C67H56N2S. The molecule has 0 aromatic heterocycles. The third kappa shape index (κ3) is 5.94. The minimum atomic E-state index is -0.540. The summed E-state index contributed by atoms with van der Waals surface area (Å²) in [6.07, 6.45) is 1.88. The fourth-order valence-electron chi connectivity index (χ4n) is 13.2. The van der Waals surface area contributed by atoms with Crippen LogP contribution in [0.25, 0.3) is 33.4 Å². The van der Waals surface area contributed by atoms with Crippen LogP contribution in [0, 0.1) is 0 Å². The van der Waals surface area contributed by atoms with Crippen LogP contribution < -0.4 is 9.80 Å². The Morgan fingerprint density at radius 2 is 0.814 bits per heavy atom. The zero-order chi connectivity index (χ0) is 47.5. The Morgan fingerprint density at radius 1 is 0.357 bits per heavy atom. The van der Waals surface area contributed by atoms with Crippen LogP contribution in [0.5, 0.6) is 0 Å². The van der Waals surface area contributed by atoms with E-state index in [1.165, 1.54) is 105 Å². The fraction of sp³-hybridized carbons (Fsp3) is 0.164. The van der Waals surface area contributed by atoms with Crippen molar-refractivity contribution in [1.29, 1.82) is 0 Å². The second kappa shape index (κ2) is 15.9. The first-order valence-corrected chi connectivity index (χ1v) is 25.9. The van der Waals surface area contributed by atoms with Gasteiger partial charge in [0, 0.05) is 49.7 Å². The maximum atomic E-state index is 2.56. The lowest BCUT2D eigenvalue weighted by atomic mass is 9.65. The Hall–Kier alpha value is -7.33. The van der Waals surface area contributed by atoms with Crippen molar-refractivity contribution in [2.75, 3.05) is 9.80 Å². The number of hydrogen-bond acceptors (Lipinski definition) is 3. The Morgan fingerprint density at radius 3 is 1.39 bits per heavy atom. The highest BCUT2D eigenvalue weighted by molar-refractivity contribution is 8.03. The summed E-state index contributed by atoms with van der Waals surface area (Å²) >= 11 is 1.99. The summed E-state index contributed by atoms with van der Waals surface area (Å²) in [5.74, 6) is 0. The molecule has 340 valence electrons. The summed E-state index contributed by atoms with van der Waals surface area (Å²) in [5.41, 5.74) is 25.3. The van der Waals surface area contributed by atoms with Gasteiger partial charge in [-0.1, -0.05) is 193 Å². The predicted molar refractivity (Wildman–Crippen MR) is 296 cm³/mol. The number of hydrogen-bond donors (Lipinski definition) is 0. The lowest BCUT2D eigenvalue weighted by Crippen LogP contribution is -2.34. The minimum absolute atomic E-state index is 0.116. The molecule has 1 atom stereocenters. The van der Waals surface area contributed by atoms with E-state index < -0.39 is 5.41 Å².